The van der Waals surface area contributed by atoms with Crippen LogP contribution in [0.1, 0.15) is 45.6 Å². The molecule has 5 heteroatoms. The first-order valence-corrected chi connectivity index (χ1v) is 9.50. The fourth-order valence-electron chi connectivity index (χ4n) is 2.77. The summed E-state index contributed by atoms with van der Waals surface area (Å²) in [6.45, 7) is 7.94. The first-order chi connectivity index (χ1) is 11.4. The summed E-state index contributed by atoms with van der Waals surface area (Å²) in [6, 6.07) is 8.66. The van der Waals surface area contributed by atoms with E-state index in [-0.39, 0.29) is 11.0 Å². The van der Waals surface area contributed by atoms with E-state index in [1.54, 1.807) is 11.8 Å². The van der Waals surface area contributed by atoms with E-state index in [1.165, 1.54) is 10.5 Å². The third kappa shape index (κ3) is 6.65. The molecule has 4 nitrogen and oxygen atoms in total. The van der Waals surface area contributed by atoms with Crippen molar-refractivity contribution < 1.29 is 14.3 Å². The van der Waals surface area contributed by atoms with E-state index in [2.05, 4.69) is 40.6 Å². The average Bonchev–Trinajstić information content (AvgIpc) is 2.55. The standard InChI is InChI=1S/C14H19NOS.C5H10O2/c1-17-13-4-2-3-12(11-13)14(7-10-16)5-8-15-9-6-14;1-5(2,3)7-4-6/h2-4,10-11,15H,5-9H2,1H3;4H,1-3H3. The van der Waals surface area contributed by atoms with Crippen molar-refractivity contribution in [3.8, 4) is 0 Å². The third-order valence-corrected chi connectivity index (χ3v) is 4.84. The Balaban J connectivity index is 0.000000351. The molecule has 1 fully saturated rings. The number of hydrogen-bond acceptors (Lipinski definition) is 5. The van der Waals surface area contributed by atoms with Gasteiger partial charge in [-0.05, 0) is 70.7 Å². The Bertz CT molecular complexity index is 520. The Morgan fingerprint density at radius 1 is 1.25 bits per heavy atom. The lowest BCUT2D eigenvalue weighted by molar-refractivity contribution is -0.138. The molecule has 134 valence electrons. The van der Waals surface area contributed by atoms with Gasteiger partial charge in [-0.1, -0.05) is 12.1 Å². The van der Waals surface area contributed by atoms with E-state index in [0.29, 0.717) is 12.9 Å². The highest BCUT2D eigenvalue weighted by Crippen LogP contribution is 2.37. The molecular weight excluding hydrogens is 322 g/mol. The summed E-state index contributed by atoms with van der Waals surface area (Å²) in [6.07, 6.45) is 5.94. The molecule has 0 aliphatic carbocycles. The lowest BCUT2D eigenvalue weighted by Gasteiger charge is -2.37. The molecule has 1 aliphatic rings. The Morgan fingerprint density at radius 2 is 1.92 bits per heavy atom. The van der Waals surface area contributed by atoms with Crippen LogP contribution in [0.3, 0.4) is 0 Å². The maximum atomic E-state index is 11.0. The van der Waals surface area contributed by atoms with Gasteiger partial charge in [-0.15, -0.1) is 11.8 Å². The van der Waals surface area contributed by atoms with Crippen molar-refractivity contribution in [1.82, 2.24) is 5.32 Å². The number of benzene rings is 1. The first kappa shape index (κ1) is 20.7. The highest BCUT2D eigenvalue weighted by Gasteiger charge is 2.33. The van der Waals surface area contributed by atoms with Gasteiger partial charge >= 0.3 is 0 Å². The van der Waals surface area contributed by atoms with Gasteiger partial charge in [0.25, 0.3) is 6.47 Å². The van der Waals surface area contributed by atoms with E-state index in [9.17, 15) is 9.59 Å². The predicted octanol–water partition coefficient (Wildman–Crippen LogP) is 3.58. The number of carbonyl (C=O) groups excluding carboxylic acids is 2. The molecule has 0 saturated carbocycles. The molecule has 0 spiro atoms. The summed E-state index contributed by atoms with van der Waals surface area (Å²) < 4.78 is 4.55. The first-order valence-electron chi connectivity index (χ1n) is 8.27. The van der Waals surface area contributed by atoms with E-state index in [1.807, 2.05) is 20.8 Å². The van der Waals surface area contributed by atoms with E-state index in [4.69, 9.17) is 0 Å². The second kappa shape index (κ2) is 9.84. The van der Waals surface area contributed by atoms with Gasteiger partial charge in [0.2, 0.25) is 0 Å². The Morgan fingerprint density at radius 3 is 2.38 bits per heavy atom. The molecule has 0 unspecified atom stereocenters. The molecule has 2 rings (SSSR count). The van der Waals surface area contributed by atoms with E-state index in [0.717, 1.165) is 32.2 Å². The van der Waals surface area contributed by atoms with Crippen LogP contribution >= 0.6 is 11.8 Å². The zero-order chi connectivity index (χ0) is 18.1. The van der Waals surface area contributed by atoms with Crippen LogP contribution in [0, 0.1) is 0 Å². The minimum Gasteiger partial charge on any atom is -0.462 e. The Hall–Kier alpha value is -1.33. The van der Waals surface area contributed by atoms with E-state index < -0.39 is 0 Å². The molecule has 0 radical (unpaired) electrons. The van der Waals surface area contributed by atoms with Crippen LogP contribution in [0.5, 0.6) is 0 Å². The maximum absolute atomic E-state index is 11.0. The van der Waals surface area contributed by atoms with Crippen LogP contribution < -0.4 is 5.32 Å². The second-order valence-electron chi connectivity index (χ2n) is 6.96. The summed E-state index contributed by atoms with van der Waals surface area (Å²) in [7, 11) is 0. The molecule has 1 aliphatic heterocycles. The van der Waals surface area contributed by atoms with Crippen molar-refractivity contribution in [3.63, 3.8) is 0 Å². The monoisotopic (exact) mass is 351 g/mol. The predicted molar refractivity (Wildman–Crippen MR) is 99.6 cm³/mol. The minimum absolute atomic E-state index is 0.0682. The summed E-state index contributed by atoms with van der Waals surface area (Å²) in [5, 5.41) is 3.38. The van der Waals surface area contributed by atoms with Crippen molar-refractivity contribution in [3.05, 3.63) is 29.8 Å². The normalized spacial score (nSPS) is 16.5. The summed E-state index contributed by atoms with van der Waals surface area (Å²) in [4.78, 5) is 21.9. The van der Waals surface area contributed by atoms with Gasteiger partial charge in [-0.25, -0.2) is 0 Å². The van der Waals surface area contributed by atoms with Crippen LogP contribution in [0.25, 0.3) is 0 Å². The van der Waals surface area contributed by atoms with Gasteiger partial charge in [0.15, 0.2) is 0 Å². The fourth-order valence-corrected chi connectivity index (χ4v) is 3.23. The van der Waals surface area contributed by atoms with Gasteiger partial charge in [-0.2, -0.15) is 0 Å². The number of piperidine rings is 1. The van der Waals surface area contributed by atoms with E-state index >= 15 is 0 Å². The lowest BCUT2D eigenvalue weighted by atomic mass is 9.71. The SMILES string of the molecule is CC(C)(C)OC=O.CSc1cccc(C2(CC=O)CCNCC2)c1. The number of carbonyl (C=O) groups is 2. The number of hydrogen-bond donors (Lipinski definition) is 1. The molecule has 0 atom stereocenters. The fraction of sp³-hybridized carbons (Fsp3) is 0.579. The van der Waals surface area contributed by atoms with Crippen LogP contribution in [0.15, 0.2) is 29.2 Å². The Kier molecular flexibility index (Phi) is 8.50. The molecule has 0 bridgehead atoms. The molecule has 0 aromatic heterocycles. The van der Waals surface area contributed by atoms with Gasteiger partial charge in [-0.3, -0.25) is 4.79 Å². The molecular formula is C19H29NO3S. The number of nitrogens with one attached hydrogen (secondary N) is 1. The highest BCUT2D eigenvalue weighted by molar-refractivity contribution is 7.98. The summed E-state index contributed by atoms with van der Waals surface area (Å²) in [5.41, 5.74) is 1.08. The average molecular weight is 352 g/mol. The van der Waals surface area contributed by atoms with Crippen molar-refractivity contribution in [2.45, 2.75) is 55.9 Å². The number of rotatable bonds is 5. The van der Waals surface area contributed by atoms with Crippen molar-refractivity contribution in [2.24, 2.45) is 0 Å². The molecule has 1 aromatic rings. The Labute approximate surface area is 149 Å². The number of ether oxygens (including phenoxy) is 1. The highest BCUT2D eigenvalue weighted by atomic mass is 32.2. The molecule has 1 aromatic carbocycles. The van der Waals surface area contributed by atoms with Crippen LogP contribution in [-0.2, 0) is 19.7 Å². The molecule has 1 N–H and O–H groups in total. The van der Waals surface area contributed by atoms with Gasteiger partial charge in [0.1, 0.15) is 11.9 Å². The molecule has 24 heavy (non-hydrogen) atoms. The number of thioether (sulfide) groups is 1. The number of aldehydes is 1. The largest absolute Gasteiger partial charge is 0.462 e. The van der Waals surface area contributed by atoms with Crippen LogP contribution in [0.4, 0.5) is 0 Å². The third-order valence-electron chi connectivity index (χ3n) is 4.12. The quantitative estimate of drug-likeness (QED) is 0.649. The van der Waals surface area contributed by atoms with Crippen molar-refractivity contribution in [2.75, 3.05) is 19.3 Å². The minimum atomic E-state index is -0.318. The molecule has 0 amide bonds. The zero-order valence-electron chi connectivity index (χ0n) is 15.1. The van der Waals surface area contributed by atoms with Crippen LogP contribution in [-0.4, -0.2) is 37.7 Å². The van der Waals surface area contributed by atoms with Gasteiger partial charge < -0.3 is 14.8 Å². The maximum Gasteiger partial charge on any atom is 0.293 e. The zero-order valence-corrected chi connectivity index (χ0v) is 15.9. The summed E-state index contributed by atoms with van der Waals surface area (Å²) >= 11 is 1.76. The summed E-state index contributed by atoms with van der Waals surface area (Å²) in [5.74, 6) is 0. The second-order valence-corrected chi connectivity index (χ2v) is 7.84. The van der Waals surface area contributed by atoms with Gasteiger partial charge in [0.05, 0.1) is 0 Å². The molecule has 1 heterocycles. The van der Waals surface area contributed by atoms with Gasteiger partial charge in [0, 0.05) is 16.7 Å². The van der Waals surface area contributed by atoms with Crippen LogP contribution in [0.2, 0.25) is 0 Å². The van der Waals surface area contributed by atoms with Crippen molar-refractivity contribution >= 4 is 24.5 Å². The van der Waals surface area contributed by atoms with Crippen molar-refractivity contribution in [1.29, 1.82) is 0 Å². The topological polar surface area (TPSA) is 55.4 Å². The molecule has 1 saturated heterocycles. The lowest BCUT2D eigenvalue weighted by Crippen LogP contribution is -2.40. The smallest absolute Gasteiger partial charge is 0.293 e.